The van der Waals surface area contributed by atoms with Crippen molar-refractivity contribution in [2.45, 2.75) is 13.3 Å². The Bertz CT molecular complexity index is 1460. The molecule has 8 nitrogen and oxygen atoms in total. The van der Waals surface area contributed by atoms with Gasteiger partial charge in [-0.05, 0) is 66.6 Å². The van der Waals surface area contributed by atoms with Crippen LogP contribution in [0.1, 0.15) is 38.8 Å². The highest BCUT2D eigenvalue weighted by atomic mass is 32.1. The highest BCUT2D eigenvalue weighted by Crippen LogP contribution is 2.28. The maximum absolute atomic E-state index is 13.7. The molecule has 0 amide bonds. The Morgan fingerprint density at radius 2 is 1.50 bits per heavy atom. The average Bonchev–Trinajstić information content (AvgIpc) is 3.36. The highest BCUT2D eigenvalue weighted by Gasteiger charge is 2.24. The molecule has 9 heteroatoms. The fourth-order valence-electron chi connectivity index (χ4n) is 3.74. The number of ether oxygens (including phenoxy) is 2. The molecule has 0 aliphatic heterocycles. The van der Waals surface area contributed by atoms with Gasteiger partial charge in [-0.3, -0.25) is 4.79 Å². The van der Waals surface area contributed by atoms with Gasteiger partial charge in [0.05, 0.1) is 36.6 Å². The summed E-state index contributed by atoms with van der Waals surface area (Å²) >= 11 is 1.03. The van der Waals surface area contributed by atoms with E-state index in [-0.39, 0.29) is 24.2 Å². The predicted molar refractivity (Wildman–Crippen MR) is 135 cm³/mol. The van der Waals surface area contributed by atoms with Crippen molar-refractivity contribution in [2.75, 3.05) is 13.7 Å². The molecule has 1 aromatic heterocycles. The van der Waals surface area contributed by atoms with E-state index in [1.165, 1.54) is 7.11 Å². The number of carboxylic acid groups (broad SMARTS) is 1. The summed E-state index contributed by atoms with van der Waals surface area (Å²) in [5.74, 6) is -1.55. The van der Waals surface area contributed by atoms with Crippen LogP contribution in [-0.2, 0) is 16.0 Å². The molecule has 0 aliphatic carbocycles. The summed E-state index contributed by atoms with van der Waals surface area (Å²) < 4.78 is 18.6. The van der Waals surface area contributed by atoms with E-state index < -0.39 is 17.7 Å². The van der Waals surface area contributed by atoms with Crippen LogP contribution in [0.4, 0.5) is 0 Å². The van der Waals surface area contributed by atoms with Crippen LogP contribution in [0.3, 0.4) is 0 Å². The monoisotopic (exact) mass is 502 g/mol. The van der Waals surface area contributed by atoms with Crippen LogP contribution >= 0.6 is 11.7 Å². The van der Waals surface area contributed by atoms with Crippen LogP contribution in [0.15, 0.2) is 72.3 Å². The predicted octanol–water partition coefficient (Wildman–Crippen LogP) is 4.84. The molecule has 0 aliphatic rings. The van der Waals surface area contributed by atoms with Gasteiger partial charge in [0.2, 0.25) is 0 Å². The molecule has 0 fully saturated rings. The summed E-state index contributed by atoms with van der Waals surface area (Å²) in [5, 5.41) is 10.2. The van der Waals surface area contributed by atoms with Crippen molar-refractivity contribution in [3.63, 3.8) is 0 Å². The lowest BCUT2D eigenvalue weighted by molar-refractivity contribution is -0.130. The topological polar surface area (TPSA) is 116 Å². The molecule has 0 atom stereocenters. The number of carboxylic acids is 1. The highest BCUT2D eigenvalue weighted by molar-refractivity contribution is 7.00. The third kappa shape index (κ3) is 5.31. The summed E-state index contributed by atoms with van der Waals surface area (Å²) in [4.78, 5) is 38.2. The Balaban J connectivity index is 1.82. The molecule has 0 radical (unpaired) electrons. The number of carbonyl (C=O) groups excluding carboxylic acids is 2. The molecule has 1 heterocycles. The van der Waals surface area contributed by atoms with E-state index in [1.54, 1.807) is 73.7 Å². The number of rotatable bonds is 9. The quantitative estimate of drug-likeness (QED) is 0.196. The van der Waals surface area contributed by atoms with Crippen molar-refractivity contribution in [1.29, 1.82) is 0 Å². The number of esters is 1. The minimum atomic E-state index is -1.24. The number of nitrogens with zero attached hydrogens (tertiary/aromatic N) is 2. The Labute approximate surface area is 211 Å². The van der Waals surface area contributed by atoms with Crippen molar-refractivity contribution in [3.05, 3.63) is 94.6 Å². The van der Waals surface area contributed by atoms with E-state index in [4.69, 9.17) is 9.47 Å². The molecule has 0 unspecified atom stereocenters. The number of aromatic nitrogens is 2. The zero-order valence-corrected chi connectivity index (χ0v) is 20.4. The van der Waals surface area contributed by atoms with Crippen molar-refractivity contribution < 1.29 is 29.0 Å². The van der Waals surface area contributed by atoms with Crippen molar-refractivity contribution in [3.8, 4) is 5.75 Å². The second-order valence-corrected chi connectivity index (χ2v) is 8.31. The second-order valence-electron chi connectivity index (χ2n) is 7.78. The Morgan fingerprint density at radius 3 is 2.14 bits per heavy atom. The number of fused-ring (bicyclic) bond motifs is 1. The average molecular weight is 503 g/mol. The first-order valence-electron chi connectivity index (χ1n) is 11.0. The van der Waals surface area contributed by atoms with Gasteiger partial charge in [-0.25, -0.2) is 9.59 Å². The van der Waals surface area contributed by atoms with Crippen LogP contribution in [0.2, 0.25) is 0 Å². The number of Topliss-reactive ketones (excluding diaryl/α,β-unsaturated/α-hetero) is 1. The number of carbonyl (C=O) groups is 3. The first-order chi connectivity index (χ1) is 17.4. The van der Waals surface area contributed by atoms with Gasteiger partial charge in [0, 0.05) is 17.6 Å². The van der Waals surface area contributed by atoms with Crippen molar-refractivity contribution >= 4 is 46.1 Å². The minimum Gasteiger partial charge on any atom is -0.497 e. The Kier molecular flexibility index (Phi) is 7.50. The zero-order valence-electron chi connectivity index (χ0n) is 19.6. The molecule has 1 N–H and O–H groups in total. The van der Waals surface area contributed by atoms with Crippen LogP contribution in [-0.4, -0.2) is 45.3 Å². The molecule has 0 saturated carbocycles. The number of hydrogen-bond donors (Lipinski definition) is 1. The summed E-state index contributed by atoms with van der Waals surface area (Å²) in [6.45, 7) is 1.98. The van der Waals surface area contributed by atoms with Crippen molar-refractivity contribution in [1.82, 2.24) is 8.75 Å². The summed E-state index contributed by atoms with van der Waals surface area (Å²) in [7, 11) is 1.52. The van der Waals surface area contributed by atoms with Gasteiger partial charge in [-0.2, -0.15) is 8.75 Å². The molecular formula is C27H22N2O6S. The lowest BCUT2D eigenvalue weighted by atomic mass is 9.89. The summed E-state index contributed by atoms with van der Waals surface area (Å²) in [5.41, 5.74) is 2.87. The second kappa shape index (κ2) is 10.9. The maximum atomic E-state index is 13.7. The fourth-order valence-corrected chi connectivity index (χ4v) is 4.26. The summed E-state index contributed by atoms with van der Waals surface area (Å²) in [6, 6.07) is 18.0. The van der Waals surface area contributed by atoms with Crippen LogP contribution in [0.25, 0.3) is 16.6 Å². The zero-order chi connectivity index (χ0) is 25.7. The van der Waals surface area contributed by atoms with E-state index in [9.17, 15) is 19.5 Å². The molecular weight excluding hydrogens is 480 g/mol. The van der Waals surface area contributed by atoms with Gasteiger partial charge in [-0.1, -0.05) is 18.2 Å². The number of hydrogen-bond acceptors (Lipinski definition) is 8. The van der Waals surface area contributed by atoms with Gasteiger partial charge < -0.3 is 14.6 Å². The van der Waals surface area contributed by atoms with Gasteiger partial charge in [0.15, 0.2) is 5.78 Å². The van der Waals surface area contributed by atoms with E-state index in [0.29, 0.717) is 39.0 Å². The number of aliphatic carboxylic acids is 1. The van der Waals surface area contributed by atoms with Gasteiger partial charge in [0.25, 0.3) is 0 Å². The van der Waals surface area contributed by atoms with E-state index >= 15 is 0 Å². The first kappa shape index (κ1) is 24.7. The lowest BCUT2D eigenvalue weighted by Crippen LogP contribution is -2.14. The Morgan fingerprint density at radius 1 is 0.861 bits per heavy atom. The standard InChI is InChI=1S/C27H22N2O6S/c1-3-35-27(33)18-6-4-16(5-7-18)14-21(25(30)17-8-11-20(34-2)12-9-17)24(26(31)32)19-10-13-22-23(15-19)29-36-28-22/h4-13,15H,3,14H2,1-2H3,(H,31,32). The van der Waals surface area contributed by atoms with Gasteiger partial charge in [0.1, 0.15) is 16.8 Å². The lowest BCUT2D eigenvalue weighted by Gasteiger charge is -2.14. The third-order valence-electron chi connectivity index (χ3n) is 5.53. The van der Waals surface area contributed by atoms with Crippen LogP contribution in [0.5, 0.6) is 5.75 Å². The molecule has 4 rings (SSSR count). The summed E-state index contributed by atoms with van der Waals surface area (Å²) in [6.07, 6.45) is 0.0307. The molecule has 3 aromatic carbocycles. The van der Waals surface area contributed by atoms with Crippen molar-refractivity contribution in [2.24, 2.45) is 0 Å². The number of benzene rings is 3. The largest absolute Gasteiger partial charge is 0.497 e. The molecule has 0 spiro atoms. The Hall–Kier alpha value is -4.37. The first-order valence-corrected chi connectivity index (χ1v) is 11.8. The smallest absolute Gasteiger partial charge is 0.338 e. The molecule has 36 heavy (non-hydrogen) atoms. The van der Waals surface area contributed by atoms with E-state index in [0.717, 1.165) is 11.7 Å². The fraction of sp³-hybridized carbons (Fsp3) is 0.148. The van der Waals surface area contributed by atoms with Crippen LogP contribution < -0.4 is 4.74 Å². The molecule has 4 aromatic rings. The van der Waals surface area contributed by atoms with Gasteiger partial charge in [-0.15, -0.1) is 0 Å². The SMILES string of the molecule is CCOC(=O)c1ccc(CC(C(=O)c2ccc(OC)cc2)=C(C(=O)O)c2ccc3nsnc3c2)cc1. The molecule has 0 bridgehead atoms. The van der Waals surface area contributed by atoms with Crippen LogP contribution in [0, 0.1) is 0 Å². The number of methoxy groups -OCH3 is 1. The van der Waals surface area contributed by atoms with Gasteiger partial charge >= 0.3 is 11.9 Å². The maximum Gasteiger partial charge on any atom is 0.338 e. The molecule has 0 saturated heterocycles. The van der Waals surface area contributed by atoms with E-state index in [2.05, 4.69) is 8.75 Å². The number of ketones is 1. The normalized spacial score (nSPS) is 11.6. The minimum absolute atomic E-state index is 0.0307. The molecule has 182 valence electrons. The third-order valence-corrected chi connectivity index (χ3v) is 6.09. The number of allylic oxidation sites excluding steroid dienone is 1. The van der Waals surface area contributed by atoms with E-state index in [1.807, 2.05) is 0 Å².